The minimum Gasteiger partial charge on any atom is -0.507 e. The van der Waals surface area contributed by atoms with Crippen molar-refractivity contribution in [1.82, 2.24) is 4.90 Å². The maximum Gasteiger partial charge on any atom is 0.339 e. The van der Waals surface area contributed by atoms with Crippen molar-refractivity contribution in [2.75, 3.05) is 6.54 Å². The summed E-state index contributed by atoms with van der Waals surface area (Å²) in [4.78, 5) is 14.8. The molecular formula is C20H25NO3. The van der Waals surface area contributed by atoms with Crippen LogP contribution in [0.25, 0.3) is 11.0 Å². The lowest BCUT2D eigenvalue weighted by Gasteiger charge is -2.35. The molecule has 1 saturated heterocycles. The Morgan fingerprint density at radius 2 is 2.04 bits per heavy atom. The predicted molar refractivity (Wildman–Crippen MR) is 94.5 cm³/mol. The van der Waals surface area contributed by atoms with Gasteiger partial charge in [-0.3, -0.25) is 4.90 Å². The molecular weight excluding hydrogens is 302 g/mol. The predicted octanol–water partition coefficient (Wildman–Crippen LogP) is 3.75. The van der Waals surface area contributed by atoms with Gasteiger partial charge in [0.05, 0.1) is 5.56 Å². The molecule has 1 aliphatic carbocycles. The smallest absolute Gasteiger partial charge is 0.339 e. The number of nitrogens with zero attached hydrogens (tertiary/aromatic N) is 1. The van der Waals surface area contributed by atoms with Gasteiger partial charge in [0.1, 0.15) is 11.3 Å². The molecule has 2 aromatic rings. The van der Waals surface area contributed by atoms with Crippen LogP contribution in [0.15, 0.2) is 21.3 Å². The number of aromatic hydroxyl groups is 1. The van der Waals surface area contributed by atoms with Gasteiger partial charge >= 0.3 is 5.63 Å². The van der Waals surface area contributed by atoms with E-state index in [0.717, 1.165) is 54.3 Å². The van der Waals surface area contributed by atoms with E-state index in [4.69, 9.17) is 4.42 Å². The maximum absolute atomic E-state index is 12.3. The third-order valence-electron chi connectivity index (χ3n) is 5.80. The summed E-state index contributed by atoms with van der Waals surface area (Å²) in [6.07, 6.45) is 7.56. The zero-order chi connectivity index (χ0) is 16.7. The van der Waals surface area contributed by atoms with Crippen molar-refractivity contribution in [3.05, 3.63) is 39.2 Å². The first-order valence-electron chi connectivity index (χ1n) is 9.22. The largest absolute Gasteiger partial charge is 0.507 e. The van der Waals surface area contributed by atoms with E-state index in [2.05, 4.69) is 11.8 Å². The van der Waals surface area contributed by atoms with Crippen LogP contribution in [0.4, 0.5) is 0 Å². The fourth-order valence-corrected chi connectivity index (χ4v) is 4.48. The van der Waals surface area contributed by atoms with Gasteiger partial charge in [-0.1, -0.05) is 13.3 Å². The van der Waals surface area contributed by atoms with Gasteiger partial charge in [0.15, 0.2) is 0 Å². The van der Waals surface area contributed by atoms with Gasteiger partial charge < -0.3 is 9.52 Å². The lowest BCUT2D eigenvalue weighted by atomic mass is 9.97. The van der Waals surface area contributed by atoms with Gasteiger partial charge in [0, 0.05) is 23.5 Å². The van der Waals surface area contributed by atoms with Crippen molar-refractivity contribution in [2.45, 2.75) is 64.5 Å². The molecule has 4 rings (SSSR count). The molecule has 0 unspecified atom stereocenters. The van der Waals surface area contributed by atoms with Gasteiger partial charge in [0.2, 0.25) is 0 Å². The Labute approximate surface area is 142 Å². The van der Waals surface area contributed by atoms with Crippen LogP contribution in [-0.2, 0) is 19.4 Å². The molecule has 24 heavy (non-hydrogen) atoms. The number of phenols is 1. The van der Waals surface area contributed by atoms with Crippen LogP contribution in [0.2, 0.25) is 0 Å². The summed E-state index contributed by atoms with van der Waals surface area (Å²) in [6.45, 7) is 3.92. The topological polar surface area (TPSA) is 53.7 Å². The summed E-state index contributed by atoms with van der Waals surface area (Å²) in [7, 11) is 0. The average Bonchev–Trinajstić information content (AvgIpc) is 3.09. The average molecular weight is 327 g/mol. The van der Waals surface area contributed by atoms with Crippen molar-refractivity contribution in [2.24, 2.45) is 0 Å². The SMILES string of the molecule is CC[C@@H]1CCCCN1Cc1c(O)ccc2c3c(c(=O)oc12)CCC3. The van der Waals surface area contributed by atoms with Crippen molar-refractivity contribution < 1.29 is 9.52 Å². The molecule has 1 fully saturated rings. The summed E-state index contributed by atoms with van der Waals surface area (Å²) in [6, 6.07) is 4.23. The molecule has 128 valence electrons. The molecule has 2 heterocycles. The first-order chi connectivity index (χ1) is 11.7. The third-order valence-corrected chi connectivity index (χ3v) is 5.80. The van der Waals surface area contributed by atoms with Crippen molar-refractivity contribution in [1.29, 1.82) is 0 Å². The monoisotopic (exact) mass is 327 g/mol. The van der Waals surface area contributed by atoms with Gasteiger partial charge in [-0.05, 0) is 62.8 Å². The van der Waals surface area contributed by atoms with Gasteiger partial charge in [-0.25, -0.2) is 4.79 Å². The summed E-state index contributed by atoms with van der Waals surface area (Å²) in [5, 5.41) is 11.5. The number of aryl methyl sites for hydroxylation is 1. The molecule has 0 saturated carbocycles. The quantitative estimate of drug-likeness (QED) is 0.872. The Balaban J connectivity index is 1.81. The summed E-state index contributed by atoms with van der Waals surface area (Å²) in [5.74, 6) is 0.240. The Kier molecular flexibility index (Phi) is 4.09. The highest BCUT2D eigenvalue weighted by Crippen LogP contribution is 2.34. The number of piperidine rings is 1. The number of likely N-dealkylation sites (tertiary alicyclic amines) is 1. The molecule has 1 atom stereocenters. The standard InChI is InChI=1S/C20H25NO3/c1-2-13-6-3-4-11-21(13)12-17-18(22)10-9-15-14-7-5-8-16(14)20(23)24-19(15)17/h9-10,13,22H,2-8,11-12H2,1H3/t13-/m1/s1. The van der Waals surface area contributed by atoms with Crippen LogP contribution in [-0.4, -0.2) is 22.6 Å². The first-order valence-corrected chi connectivity index (χ1v) is 9.22. The number of rotatable bonds is 3. The van der Waals surface area contributed by atoms with Crippen molar-refractivity contribution >= 4 is 11.0 Å². The van der Waals surface area contributed by atoms with Gasteiger partial charge in [0.25, 0.3) is 0 Å². The molecule has 0 amide bonds. The molecule has 2 aliphatic rings. The van der Waals surface area contributed by atoms with Gasteiger partial charge in [-0.15, -0.1) is 0 Å². The highest BCUT2D eigenvalue weighted by Gasteiger charge is 2.26. The Morgan fingerprint density at radius 3 is 2.88 bits per heavy atom. The second-order valence-corrected chi connectivity index (χ2v) is 7.17. The molecule has 1 aromatic carbocycles. The zero-order valence-corrected chi connectivity index (χ0v) is 14.3. The van der Waals surface area contributed by atoms with E-state index in [1.54, 1.807) is 6.07 Å². The van der Waals surface area contributed by atoms with Gasteiger partial charge in [-0.2, -0.15) is 0 Å². The van der Waals surface area contributed by atoms with Crippen LogP contribution in [0.1, 0.15) is 55.7 Å². The molecule has 0 spiro atoms. The zero-order valence-electron chi connectivity index (χ0n) is 14.3. The van der Waals surface area contributed by atoms with E-state index in [9.17, 15) is 9.90 Å². The third kappa shape index (κ3) is 2.53. The van der Waals surface area contributed by atoms with Crippen LogP contribution >= 0.6 is 0 Å². The number of benzene rings is 1. The fourth-order valence-electron chi connectivity index (χ4n) is 4.48. The molecule has 0 bridgehead atoms. The van der Waals surface area contributed by atoms with Crippen LogP contribution in [0, 0.1) is 0 Å². The highest BCUT2D eigenvalue weighted by atomic mass is 16.4. The molecule has 1 aromatic heterocycles. The summed E-state index contributed by atoms with van der Waals surface area (Å²) in [5.41, 5.74) is 3.13. The second kappa shape index (κ2) is 6.25. The molecule has 0 radical (unpaired) electrons. The fraction of sp³-hybridized carbons (Fsp3) is 0.550. The second-order valence-electron chi connectivity index (χ2n) is 7.17. The van der Waals surface area contributed by atoms with Crippen LogP contribution in [0.5, 0.6) is 5.75 Å². The number of hydrogen-bond acceptors (Lipinski definition) is 4. The van der Waals surface area contributed by atoms with Crippen LogP contribution < -0.4 is 5.63 Å². The minimum atomic E-state index is -0.215. The van der Waals surface area contributed by atoms with Crippen molar-refractivity contribution in [3.63, 3.8) is 0 Å². The Morgan fingerprint density at radius 1 is 1.21 bits per heavy atom. The van der Waals surface area contributed by atoms with E-state index in [1.165, 1.54) is 19.3 Å². The molecule has 1 aliphatic heterocycles. The lowest BCUT2D eigenvalue weighted by Crippen LogP contribution is -2.38. The normalized spacial score (nSPS) is 21.3. The van der Waals surface area contributed by atoms with E-state index < -0.39 is 0 Å². The maximum atomic E-state index is 12.3. The van der Waals surface area contributed by atoms with E-state index >= 15 is 0 Å². The number of hydrogen-bond donors (Lipinski definition) is 1. The summed E-state index contributed by atoms with van der Waals surface area (Å²) >= 11 is 0. The molecule has 4 heteroatoms. The van der Waals surface area contributed by atoms with E-state index in [1.807, 2.05) is 6.07 Å². The highest BCUT2D eigenvalue weighted by molar-refractivity contribution is 5.86. The lowest BCUT2D eigenvalue weighted by molar-refractivity contribution is 0.135. The first kappa shape index (κ1) is 15.7. The number of fused-ring (bicyclic) bond motifs is 3. The summed E-state index contributed by atoms with van der Waals surface area (Å²) < 4.78 is 5.68. The Bertz CT molecular complexity index is 824. The minimum absolute atomic E-state index is 0.215. The number of phenolic OH excluding ortho intramolecular Hbond substituents is 1. The van der Waals surface area contributed by atoms with E-state index in [-0.39, 0.29) is 11.4 Å². The molecule has 4 nitrogen and oxygen atoms in total. The molecule has 1 N–H and O–H groups in total. The van der Waals surface area contributed by atoms with Crippen molar-refractivity contribution in [3.8, 4) is 5.75 Å². The van der Waals surface area contributed by atoms with E-state index in [0.29, 0.717) is 18.2 Å². The Hall–Kier alpha value is -1.81. The van der Waals surface area contributed by atoms with Crippen LogP contribution in [0.3, 0.4) is 0 Å².